The van der Waals surface area contributed by atoms with Gasteiger partial charge < -0.3 is 10.2 Å². The number of likely N-dealkylation sites (tertiary alicyclic amines) is 1. The van der Waals surface area contributed by atoms with Crippen molar-refractivity contribution in [2.45, 2.75) is 12.5 Å². The molecule has 1 aromatic heterocycles. The minimum absolute atomic E-state index is 0.115. The summed E-state index contributed by atoms with van der Waals surface area (Å²) in [5.74, 6) is 0.445. The molecule has 1 aromatic rings. The number of halogens is 2. The Balaban J connectivity index is 2.04. The third-order valence-electron chi connectivity index (χ3n) is 2.31. The first-order valence-corrected chi connectivity index (χ1v) is 5.41. The summed E-state index contributed by atoms with van der Waals surface area (Å²) in [5.41, 5.74) is 0. The number of anilines is 1. The van der Waals surface area contributed by atoms with Crippen LogP contribution in [-0.4, -0.2) is 46.0 Å². The molecule has 0 aliphatic carbocycles. The van der Waals surface area contributed by atoms with Crippen molar-refractivity contribution in [2.75, 3.05) is 25.5 Å². The average molecular weight is 248 g/mol. The van der Waals surface area contributed by atoms with E-state index in [1.54, 1.807) is 0 Å². The van der Waals surface area contributed by atoms with E-state index in [9.17, 15) is 0 Å². The third kappa shape index (κ3) is 2.90. The first-order valence-electron chi connectivity index (χ1n) is 4.65. The maximum atomic E-state index is 5.67. The lowest BCUT2D eigenvalue weighted by atomic mass is 10.3. The van der Waals surface area contributed by atoms with Crippen LogP contribution in [0.4, 0.5) is 5.95 Å². The van der Waals surface area contributed by atoms with Crippen LogP contribution in [0.25, 0.3) is 0 Å². The first kappa shape index (κ1) is 10.9. The second kappa shape index (κ2) is 4.47. The predicted octanol–water partition coefficient (Wildman–Crippen LogP) is 1.29. The molecule has 15 heavy (non-hydrogen) atoms. The molecule has 1 unspecified atom stereocenters. The largest absolute Gasteiger partial charge is 0.350 e. The van der Waals surface area contributed by atoms with Gasteiger partial charge in [-0.3, -0.25) is 0 Å². The van der Waals surface area contributed by atoms with Gasteiger partial charge in [0.25, 0.3) is 0 Å². The second-order valence-corrected chi connectivity index (χ2v) is 4.27. The van der Waals surface area contributed by atoms with E-state index in [0.717, 1.165) is 19.5 Å². The zero-order chi connectivity index (χ0) is 10.8. The fraction of sp³-hybridized carbons (Fsp3) is 0.625. The van der Waals surface area contributed by atoms with Gasteiger partial charge >= 0.3 is 0 Å². The molecule has 1 N–H and O–H groups in total. The topological polar surface area (TPSA) is 53.9 Å². The Morgan fingerprint density at radius 2 is 1.93 bits per heavy atom. The number of likely N-dealkylation sites (N-methyl/N-ethyl adjacent to an activating group) is 1. The molecule has 2 rings (SSSR count). The summed E-state index contributed by atoms with van der Waals surface area (Å²) in [5, 5.41) is 3.41. The molecule has 0 spiro atoms. The van der Waals surface area contributed by atoms with Crippen molar-refractivity contribution in [2.24, 2.45) is 0 Å². The van der Waals surface area contributed by atoms with E-state index in [1.165, 1.54) is 0 Å². The molecule has 1 aliphatic heterocycles. The van der Waals surface area contributed by atoms with Crippen LogP contribution in [0.2, 0.25) is 10.6 Å². The van der Waals surface area contributed by atoms with E-state index < -0.39 is 0 Å². The minimum atomic E-state index is 0.115. The Kier molecular flexibility index (Phi) is 3.23. The molecule has 7 heteroatoms. The van der Waals surface area contributed by atoms with Crippen molar-refractivity contribution >= 4 is 29.2 Å². The van der Waals surface area contributed by atoms with Crippen molar-refractivity contribution < 1.29 is 0 Å². The highest BCUT2D eigenvalue weighted by Crippen LogP contribution is 2.14. The molecule has 1 atom stereocenters. The summed E-state index contributed by atoms with van der Waals surface area (Å²) in [6.07, 6.45) is 1.07. The number of rotatable bonds is 2. The highest BCUT2D eigenvalue weighted by molar-refractivity contribution is 6.31. The molecule has 0 bridgehead atoms. The van der Waals surface area contributed by atoms with Gasteiger partial charge in [-0.25, -0.2) is 0 Å². The smallest absolute Gasteiger partial charge is 0.228 e. The van der Waals surface area contributed by atoms with Gasteiger partial charge in [-0.05, 0) is 43.2 Å². The average Bonchev–Trinajstić information content (AvgIpc) is 2.49. The number of hydrogen-bond donors (Lipinski definition) is 1. The summed E-state index contributed by atoms with van der Waals surface area (Å²) in [6.45, 7) is 2.05. The lowest BCUT2D eigenvalue weighted by Crippen LogP contribution is -2.24. The molecule has 82 valence electrons. The fourth-order valence-corrected chi connectivity index (χ4v) is 1.99. The Bertz CT molecular complexity index is 339. The van der Waals surface area contributed by atoms with Gasteiger partial charge in [0, 0.05) is 12.6 Å². The molecule has 5 nitrogen and oxygen atoms in total. The van der Waals surface area contributed by atoms with Gasteiger partial charge in [-0.1, -0.05) is 0 Å². The van der Waals surface area contributed by atoms with Crippen LogP contribution in [0, 0.1) is 0 Å². The molecule has 0 radical (unpaired) electrons. The molecule has 0 aromatic carbocycles. The Morgan fingerprint density at radius 1 is 1.27 bits per heavy atom. The SMILES string of the molecule is CN1CCC(Nc2nc(Cl)nc(Cl)n2)C1. The van der Waals surface area contributed by atoms with Crippen LogP contribution >= 0.6 is 23.2 Å². The molecule has 1 aliphatic rings. The number of nitrogens with one attached hydrogen (secondary N) is 1. The van der Waals surface area contributed by atoms with E-state index in [0.29, 0.717) is 12.0 Å². The minimum Gasteiger partial charge on any atom is -0.350 e. The van der Waals surface area contributed by atoms with Gasteiger partial charge in [0.05, 0.1) is 0 Å². The van der Waals surface area contributed by atoms with Gasteiger partial charge in [-0.2, -0.15) is 15.0 Å². The predicted molar refractivity (Wildman–Crippen MR) is 59.4 cm³/mol. The Hall–Kier alpha value is -0.650. The first-order chi connectivity index (χ1) is 7.13. The van der Waals surface area contributed by atoms with Crippen LogP contribution in [0.3, 0.4) is 0 Å². The van der Waals surface area contributed by atoms with E-state index in [2.05, 4.69) is 32.2 Å². The summed E-state index contributed by atoms with van der Waals surface area (Å²) < 4.78 is 0. The molecule has 2 heterocycles. The van der Waals surface area contributed by atoms with Crippen LogP contribution in [0.1, 0.15) is 6.42 Å². The van der Waals surface area contributed by atoms with Crippen molar-refractivity contribution in [1.82, 2.24) is 19.9 Å². The van der Waals surface area contributed by atoms with Crippen LogP contribution in [0.5, 0.6) is 0 Å². The van der Waals surface area contributed by atoms with E-state index in [-0.39, 0.29) is 10.6 Å². The lowest BCUT2D eigenvalue weighted by Gasteiger charge is -2.12. The molecule has 1 saturated heterocycles. The maximum Gasteiger partial charge on any atom is 0.228 e. The Labute approximate surface area is 97.8 Å². The van der Waals surface area contributed by atoms with Crippen molar-refractivity contribution in [3.05, 3.63) is 10.6 Å². The Morgan fingerprint density at radius 3 is 2.47 bits per heavy atom. The molecular formula is C8H11Cl2N5. The van der Waals surface area contributed by atoms with E-state index in [4.69, 9.17) is 23.2 Å². The van der Waals surface area contributed by atoms with Crippen molar-refractivity contribution in [3.8, 4) is 0 Å². The highest BCUT2D eigenvalue weighted by atomic mass is 35.5. The molecule has 0 amide bonds. The van der Waals surface area contributed by atoms with Gasteiger partial charge in [-0.15, -0.1) is 0 Å². The van der Waals surface area contributed by atoms with E-state index >= 15 is 0 Å². The van der Waals surface area contributed by atoms with Gasteiger partial charge in [0.2, 0.25) is 16.5 Å². The fourth-order valence-electron chi connectivity index (χ4n) is 1.63. The van der Waals surface area contributed by atoms with Crippen LogP contribution in [-0.2, 0) is 0 Å². The zero-order valence-electron chi connectivity index (χ0n) is 8.24. The lowest BCUT2D eigenvalue weighted by molar-refractivity contribution is 0.414. The normalized spacial score (nSPS) is 21.9. The van der Waals surface area contributed by atoms with Gasteiger partial charge in [0.15, 0.2) is 0 Å². The van der Waals surface area contributed by atoms with E-state index in [1.807, 2.05) is 0 Å². The highest BCUT2D eigenvalue weighted by Gasteiger charge is 2.20. The molecule has 0 saturated carbocycles. The van der Waals surface area contributed by atoms with Crippen LogP contribution in [0.15, 0.2) is 0 Å². The number of nitrogens with zero attached hydrogens (tertiary/aromatic N) is 4. The monoisotopic (exact) mass is 247 g/mol. The number of hydrogen-bond acceptors (Lipinski definition) is 5. The molecular weight excluding hydrogens is 237 g/mol. The quantitative estimate of drug-likeness (QED) is 0.854. The summed E-state index contributed by atoms with van der Waals surface area (Å²) in [6, 6.07) is 0.351. The van der Waals surface area contributed by atoms with Gasteiger partial charge in [0.1, 0.15) is 0 Å². The summed E-state index contributed by atoms with van der Waals surface area (Å²) in [7, 11) is 2.08. The second-order valence-electron chi connectivity index (χ2n) is 3.59. The summed E-state index contributed by atoms with van der Waals surface area (Å²) >= 11 is 11.3. The zero-order valence-corrected chi connectivity index (χ0v) is 9.76. The maximum absolute atomic E-state index is 5.67. The number of aromatic nitrogens is 3. The standard InChI is InChI=1S/C8H11Cl2N5/c1-15-3-2-5(4-15)11-8-13-6(9)12-7(10)14-8/h5H,2-4H2,1H3,(H,11,12,13,14). The van der Waals surface area contributed by atoms with Crippen LogP contribution < -0.4 is 5.32 Å². The third-order valence-corrected chi connectivity index (χ3v) is 2.64. The van der Waals surface area contributed by atoms with Crippen molar-refractivity contribution in [1.29, 1.82) is 0 Å². The summed E-state index contributed by atoms with van der Waals surface area (Å²) in [4.78, 5) is 13.8. The van der Waals surface area contributed by atoms with Crippen molar-refractivity contribution in [3.63, 3.8) is 0 Å². The molecule has 1 fully saturated rings.